The van der Waals surface area contributed by atoms with Crippen LogP contribution in [-0.4, -0.2) is 34.6 Å². The SMILES string of the molecule is COCCCNC(=O)c1c(NS(=O)(=O)c2ccc(F)cc2)sc2c1CCCC2. The third kappa shape index (κ3) is 4.71. The molecule has 1 amide bonds. The van der Waals surface area contributed by atoms with Crippen molar-refractivity contribution in [3.05, 3.63) is 46.1 Å². The first-order valence-electron chi connectivity index (χ1n) is 9.12. The van der Waals surface area contributed by atoms with Crippen molar-refractivity contribution in [2.24, 2.45) is 0 Å². The molecule has 1 aromatic heterocycles. The molecule has 0 saturated heterocycles. The molecule has 0 spiro atoms. The van der Waals surface area contributed by atoms with Gasteiger partial charge in [-0.1, -0.05) is 0 Å². The molecule has 1 aliphatic rings. The number of sulfonamides is 1. The van der Waals surface area contributed by atoms with Gasteiger partial charge in [-0.2, -0.15) is 0 Å². The van der Waals surface area contributed by atoms with Crippen LogP contribution in [0.5, 0.6) is 0 Å². The van der Waals surface area contributed by atoms with Crippen LogP contribution in [0.2, 0.25) is 0 Å². The fourth-order valence-corrected chi connectivity index (χ4v) is 5.77. The lowest BCUT2D eigenvalue weighted by Gasteiger charge is -2.13. The van der Waals surface area contributed by atoms with E-state index in [0.29, 0.717) is 30.1 Å². The summed E-state index contributed by atoms with van der Waals surface area (Å²) >= 11 is 1.31. The highest BCUT2D eigenvalue weighted by Gasteiger charge is 2.28. The van der Waals surface area contributed by atoms with Gasteiger partial charge in [-0.15, -0.1) is 11.3 Å². The van der Waals surface area contributed by atoms with E-state index < -0.39 is 15.8 Å². The third-order valence-corrected chi connectivity index (χ3v) is 7.26. The maximum absolute atomic E-state index is 13.1. The highest BCUT2D eigenvalue weighted by atomic mass is 32.2. The second-order valence-corrected chi connectivity index (χ2v) is 9.36. The number of ether oxygens (including phenoxy) is 1. The third-order valence-electron chi connectivity index (χ3n) is 4.56. The fourth-order valence-electron chi connectivity index (χ4n) is 3.18. The molecule has 0 saturated carbocycles. The van der Waals surface area contributed by atoms with E-state index in [4.69, 9.17) is 4.74 Å². The van der Waals surface area contributed by atoms with Crippen molar-refractivity contribution in [3.8, 4) is 0 Å². The smallest absolute Gasteiger partial charge is 0.262 e. The molecule has 1 heterocycles. The summed E-state index contributed by atoms with van der Waals surface area (Å²) < 4.78 is 46.1. The number of carbonyl (C=O) groups excluding carboxylic acids is 1. The number of carbonyl (C=O) groups is 1. The molecule has 0 unspecified atom stereocenters. The summed E-state index contributed by atoms with van der Waals surface area (Å²) in [5.41, 5.74) is 1.33. The van der Waals surface area contributed by atoms with Crippen molar-refractivity contribution in [2.75, 3.05) is 25.0 Å². The van der Waals surface area contributed by atoms with Crippen molar-refractivity contribution in [1.82, 2.24) is 5.32 Å². The molecule has 1 aromatic carbocycles. The Morgan fingerprint density at radius 2 is 1.93 bits per heavy atom. The van der Waals surface area contributed by atoms with E-state index >= 15 is 0 Å². The van der Waals surface area contributed by atoms with Crippen LogP contribution in [0.1, 0.15) is 40.1 Å². The van der Waals surface area contributed by atoms with Gasteiger partial charge in [-0.05, 0) is 61.9 Å². The molecule has 2 aromatic rings. The number of amides is 1. The Morgan fingerprint density at radius 1 is 1.21 bits per heavy atom. The lowest BCUT2D eigenvalue weighted by molar-refractivity contribution is 0.0948. The number of fused-ring (bicyclic) bond motifs is 1. The van der Waals surface area contributed by atoms with Gasteiger partial charge in [0.15, 0.2) is 0 Å². The summed E-state index contributed by atoms with van der Waals surface area (Å²) in [6.07, 6.45) is 4.25. The molecule has 0 aliphatic heterocycles. The Balaban J connectivity index is 1.88. The molecule has 0 atom stereocenters. The Kier molecular flexibility index (Phi) is 6.69. The fraction of sp³-hybridized carbons (Fsp3) is 0.421. The van der Waals surface area contributed by atoms with Crippen LogP contribution < -0.4 is 10.0 Å². The largest absolute Gasteiger partial charge is 0.385 e. The van der Waals surface area contributed by atoms with E-state index in [1.807, 2.05) is 0 Å². The minimum absolute atomic E-state index is 0.0493. The molecule has 2 N–H and O–H groups in total. The van der Waals surface area contributed by atoms with E-state index in [2.05, 4.69) is 10.0 Å². The van der Waals surface area contributed by atoms with Crippen molar-refractivity contribution < 1.29 is 22.3 Å². The van der Waals surface area contributed by atoms with Gasteiger partial charge in [0.1, 0.15) is 10.8 Å². The number of benzene rings is 1. The number of halogens is 1. The van der Waals surface area contributed by atoms with Gasteiger partial charge in [0.2, 0.25) is 0 Å². The van der Waals surface area contributed by atoms with Crippen molar-refractivity contribution >= 4 is 32.3 Å². The molecule has 28 heavy (non-hydrogen) atoms. The maximum Gasteiger partial charge on any atom is 0.262 e. The molecule has 152 valence electrons. The first-order valence-corrected chi connectivity index (χ1v) is 11.4. The van der Waals surface area contributed by atoms with Crippen LogP contribution in [0.15, 0.2) is 29.2 Å². The van der Waals surface area contributed by atoms with Gasteiger partial charge in [0, 0.05) is 25.1 Å². The normalized spacial score (nSPS) is 13.8. The number of rotatable bonds is 8. The van der Waals surface area contributed by atoms with E-state index in [0.717, 1.165) is 48.3 Å². The lowest BCUT2D eigenvalue weighted by atomic mass is 9.95. The van der Waals surface area contributed by atoms with E-state index in [9.17, 15) is 17.6 Å². The minimum atomic E-state index is -3.92. The van der Waals surface area contributed by atoms with E-state index in [-0.39, 0.29) is 10.8 Å². The molecule has 6 nitrogen and oxygen atoms in total. The number of nitrogens with one attached hydrogen (secondary N) is 2. The Bertz CT molecular complexity index is 940. The number of anilines is 1. The standard InChI is InChI=1S/C19H23FN2O4S2/c1-26-12-4-11-21-18(23)17-15-5-2-3-6-16(15)27-19(17)22-28(24,25)14-9-7-13(20)8-10-14/h7-10,22H,2-6,11-12H2,1H3,(H,21,23). The van der Waals surface area contributed by atoms with Gasteiger partial charge in [0.05, 0.1) is 10.5 Å². The Morgan fingerprint density at radius 3 is 2.64 bits per heavy atom. The Labute approximate surface area is 168 Å². The number of hydrogen-bond donors (Lipinski definition) is 2. The summed E-state index contributed by atoms with van der Waals surface area (Å²) in [6, 6.07) is 4.60. The van der Waals surface area contributed by atoms with Crippen LogP contribution >= 0.6 is 11.3 Å². The monoisotopic (exact) mass is 426 g/mol. The van der Waals surface area contributed by atoms with Crippen LogP contribution in [0.3, 0.4) is 0 Å². The maximum atomic E-state index is 13.1. The predicted molar refractivity (Wildman–Crippen MR) is 107 cm³/mol. The van der Waals surface area contributed by atoms with E-state index in [1.54, 1.807) is 7.11 Å². The van der Waals surface area contributed by atoms with Crippen LogP contribution in [0.25, 0.3) is 0 Å². The molecule has 0 bridgehead atoms. The summed E-state index contributed by atoms with van der Waals surface area (Å²) in [7, 11) is -2.32. The lowest BCUT2D eigenvalue weighted by Crippen LogP contribution is -2.27. The van der Waals surface area contributed by atoms with Gasteiger partial charge in [-0.3, -0.25) is 9.52 Å². The van der Waals surface area contributed by atoms with Crippen LogP contribution in [0, 0.1) is 5.82 Å². The second-order valence-electron chi connectivity index (χ2n) is 6.58. The van der Waals surface area contributed by atoms with Crippen molar-refractivity contribution in [3.63, 3.8) is 0 Å². The second kappa shape index (κ2) is 9.02. The molecular weight excluding hydrogens is 403 g/mol. The zero-order valence-electron chi connectivity index (χ0n) is 15.6. The molecule has 9 heteroatoms. The number of methoxy groups -OCH3 is 1. The first-order chi connectivity index (χ1) is 13.4. The van der Waals surface area contributed by atoms with Gasteiger partial charge in [-0.25, -0.2) is 12.8 Å². The van der Waals surface area contributed by atoms with Crippen molar-refractivity contribution in [2.45, 2.75) is 37.0 Å². The molecule has 0 fully saturated rings. The minimum Gasteiger partial charge on any atom is -0.385 e. The Hall–Kier alpha value is -1.97. The van der Waals surface area contributed by atoms with Crippen LogP contribution in [-0.2, 0) is 27.6 Å². The van der Waals surface area contributed by atoms with Crippen LogP contribution in [0.4, 0.5) is 9.39 Å². The molecular formula is C19H23FN2O4S2. The molecule has 1 aliphatic carbocycles. The summed E-state index contributed by atoms with van der Waals surface area (Å²) in [5.74, 6) is -0.797. The summed E-state index contributed by atoms with van der Waals surface area (Å²) in [4.78, 5) is 13.8. The topological polar surface area (TPSA) is 84.5 Å². The highest BCUT2D eigenvalue weighted by molar-refractivity contribution is 7.93. The highest BCUT2D eigenvalue weighted by Crippen LogP contribution is 2.39. The van der Waals surface area contributed by atoms with Gasteiger partial charge >= 0.3 is 0 Å². The molecule has 0 radical (unpaired) electrons. The summed E-state index contributed by atoms with van der Waals surface area (Å²) in [5, 5.41) is 3.17. The van der Waals surface area contributed by atoms with Gasteiger partial charge < -0.3 is 10.1 Å². The average Bonchev–Trinajstić information content (AvgIpc) is 3.02. The summed E-state index contributed by atoms with van der Waals surface area (Å²) in [6.45, 7) is 0.980. The predicted octanol–water partition coefficient (Wildman–Crippen LogP) is 3.33. The number of thiophene rings is 1. The quantitative estimate of drug-likeness (QED) is 0.634. The molecule has 3 rings (SSSR count). The number of aryl methyl sites for hydroxylation is 1. The van der Waals surface area contributed by atoms with Gasteiger partial charge in [0.25, 0.3) is 15.9 Å². The number of hydrogen-bond acceptors (Lipinski definition) is 5. The van der Waals surface area contributed by atoms with E-state index in [1.165, 1.54) is 23.5 Å². The zero-order valence-corrected chi connectivity index (χ0v) is 17.2. The first kappa shape index (κ1) is 20.8. The zero-order chi connectivity index (χ0) is 20.1. The van der Waals surface area contributed by atoms with Crippen molar-refractivity contribution in [1.29, 1.82) is 0 Å². The average molecular weight is 427 g/mol.